The second-order valence-corrected chi connectivity index (χ2v) is 6.91. The highest BCUT2D eigenvalue weighted by Gasteiger charge is 2.05. The first-order valence-electron chi connectivity index (χ1n) is 8.37. The molecule has 1 aromatic rings. The molecular formula is C18H32Si. The molecular weight excluding hydrogens is 244 g/mol. The average molecular weight is 277 g/mol. The van der Waals surface area contributed by atoms with Crippen LogP contribution in [0.25, 0.3) is 0 Å². The minimum atomic E-state index is 1.20. The molecule has 0 saturated heterocycles. The van der Waals surface area contributed by atoms with E-state index in [9.17, 15) is 0 Å². The molecule has 0 saturated carbocycles. The maximum absolute atomic E-state index is 2.38. The molecule has 0 unspecified atom stereocenters. The Morgan fingerprint density at radius 3 is 2.05 bits per heavy atom. The first kappa shape index (κ1) is 16.5. The van der Waals surface area contributed by atoms with Gasteiger partial charge in [0, 0.05) is 10.2 Å². The summed E-state index contributed by atoms with van der Waals surface area (Å²) in [4.78, 5) is 0. The average Bonchev–Trinajstić information content (AvgIpc) is 2.42. The van der Waals surface area contributed by atoms with Crippen LogP contribution in [-0.2, 0) is 12.8 Å². The lowest BCUT2D eigenvalue weighted by atomic mass is 9.96. The Balaban J connectivity index is 2.51. The largest absolute Gasteiger partial charge is 0.0674 e. The second kappa shape index (κ2) is 10.3. The normalized spacial score (nSPS) is 11.1. The van der Waals surface area contributed by atoms with Crippen molar-refractivity contribution in [1.82, 2.24) is 0 Å². The topological polar surface area (TPSA) is 0 Å². The van der Waals surface area contributed by atoms with Crippen molar-refractivity contribution in [3.05, 3.63) is 29.3 Å². The lowest BCUT2D eigenvalue weighted by molar-refractivity contribution is 0.651. The van der Waals surface area contributed by atoms with Crippen LogP contribution in [0.1, 0.15) is 76.3 Å². The van der Waals surface area contributed by atoms with Crippen molar-refractivity contribution in [2.75, 3.05) is 0 Å². The molecule has 0 spiro atoms. The van der Waals surface area contributed by atoms with Gasteiger partial charge in [0.15, 0.2) is 0 Å². The number of aryl methyl sites for hydroxylation is 1. The minimum Gasteiger partial charge on any atom is -0.0674 e. The Hall–Kier alpha value is -0.563. The molecule has 0 aliphatic rings. The number of rotatable bonds is 10. The molecule has 108 valence electrons. The number of benzene rings is 1. The molecule has 0 nitrogen and oxygen atoms in total. The molecule has 0 fully saturated rings. The zero-order chi connectivity index (χ0) is 13.9. The van der Waals surface area contributed by atoms with E-state index in [0.29, 0.717) is 0 Å². The zero-order valence-electron chi connectivity index (χ0n) is 13.3. The van der Waals surface area contributed by atoms with Crippen molar-refractivity contribution in [2.24, 2.45) is 0 Å². The van der Waals surface area contributed by atoms with Gasteiger partial charge in [0.05, 0.1) is 0 Å². The predicted molar refractivity (Wildman–Crippen MR) is 91.7 cm³/mol. The summed E-state index contributed by atoms with van der Waals surface area (Å²) in [5.41, 5.74) is 3.36. The molecule has 0 aliphatic carbocycles. The third-order valence-corrected chi connectivity index (χ3v) is 5.02. The summed E-state index contributed by atoms with van der Waals surface area (Å²) in [7, 11) is 1.20. The summed E-state index contributed by atoms with van der Waals surface area (Å²) in [6.07, 6.45) is 13.7. The molecule has 0 aliphatic heterocycles. The molecule has 0 bridgehead atoms. The molecule has 0 radical (unpaired) electrons. The van der Waals surface area contributed by atoms with Crippen LogP contribution in [0.2, 0.25) is 0 Å². The maximum Gasteiger partial charge on any atom is 0.0388 e. The van der Waals surface area contributed by atoms with Gasteiger partial charge in [-0.15, -0.1) is 0 Å². The molecule has 0 N–H and O–H groups in total. The fourth-order valence-electron chi connectivity index (χ4n) is 2.83. The van der Waals surface area contributed by atoms with E-state index in [1.165, 1.54) is 74.5 Å². The number of unbranched alkanes of at least 4 members (excludes halogenated alkanes) is 6. The zero-order valence-corrected chi connectivity index (χ0v) is 15.3. The van der Waals surface area contributed by atoms with E-state index < -0.39 is 0 Å². The lowest BCUT2D eigenvalue weighted by Crippen LogP contribution is -2.13. The van der Waals surface area contributed by atoms with Crippen molar-refractivity contribution < 1.29 is 0 Å². The van der Waals surface area contributed by atoms with Crippen LogP contribution in [0.3, 0.4) is 0 Å². The van der Waals surface area contributed by atoms with Crippen LogP contribution in [0.4, 0.5) is 0 Å². The van der Waals surface area contributed by atoms with E-state index in [2.05, 4.69) is 32.0 Å². The van der Waals surface area contributed by atoms with Crippen molar-refractivity contribution in [3.8, 4) is 0 Å². The van der Waals surface area contributed by atoms with E-state index in [4.69, 9.17) is 0 Å². The first-order chi connectivity index (χ1) is 9.29. The van der Waals surface area contributed by atoms with Gasteiger partial charge >= 0.3 is 0 Å². The number of hydrogen-bond donors (Lipinski definition) is 0. The van der Waals surface area contributed by atoms with Gasteiger partial charge in [-0.05, 0) is 36.8 Å². The number of hydrogen-bond acceptors (Lipinski definition) is 0. The minimum absolute atomic E-state index is 1.20. The third-order valence-electron chi connectivity index (χ3n) is 4.09. The fraction of sp³-hybridized carbons (Fsp3) is 0.667. The SMILES string of the molecule is CCCCCCc1cccc([SiH3])c1CCCCCC. The van der Waals surface area contributed by atoms with E-state index in [-0.39, 0.29) is 0 Å². The van der Waals surface area contributed by atoms with Crippen molar-refractivity contribution >= 4 is 15.4 Å². The van der Waals surface area contributed by atoms with E-state index in [0.717, 1.165) is 0 Å². The monoisotopic (exact) mass is 276 g/mol. The molecule has 0 amide bonds. The first-order valence-corrected chi connectivity index (χ1v) is 9.37. The van der Waals surface area contributed by atoms with Crippen LogP contribution in [0.15, 0.2) is 18.2 Å². The highest BCUT2D eigenvalue weighted by Crippen LogP contribution is 2.15. The molecule has 1 aromatic carbocycles. The van der Waals surface area contributed by atoms with Gasteiger partial charge in [0.25, 0.3) is 0 Å². The summed E-state index contributed by atoms with van der Waals surface area (Å²) in [6.45, 7) is 4.58. The molecule has 19 heavy (non-hydrogen) atoms. The van der Waals surface area contributed by atoms with Gasteiger partial charge in [0.1, 0.15) is 0 Å². The molecule has 0 atom stereocenters. The van der Waals surface area contributed by atoms with E-state index in [1.54, 1.807) is 16.3 Å². The smallest absolute Gasteiger partial charge is 0.0388 e. The highest BCUT2D eigenvalue weighted by molar-refractivity contribution is 6.33. The molecule has 0 aromatic heterocycles. The maximum atomic E-state index is 2.38. The molecule has 1 rings (SSSR count). The second-order valence-electron chi connectivity index (χ2n) is 5.83. The van der Waals surface area contributed by atoms with E-state index in [1.807, 2.05) is 0 Å². The Morgan fingerprint density at radius 2 is 1.42 bits per heavy atom. The summed E-state index contributed by atoms with van der Waals surface area (Å²) >= 11 is 0. The Bertz CT molecular complexity index is 344. The van der Waals surface area contributed by atoms with Crippen molar-refractivity contribution in [1.29, 1.82) is 0 Å². The standard InChI is InChI=1S/C18H32Si/c1-3-5-7-9-12-16-13-11-15-18(19)17(16)14-10-8-6-4-2/h11,13,15H,3-10,12,14H2,1-2,19H3. The summed E-state index contributed by atoms with van der Waals surface area (Å²) in [6, 6.07) is 6.99. The quantitative estimate of drug-likeness (QED) is 0.449. The predicted octanol–water partition coefficient (Wildman–Crippen LogP) is 3.92. The van der Waals surface area contributed by atoms with Crippen LogP contribution in [-0.4, -0.2) is 10.2 Å². The summed E-state index contributed by atoms with van der Waals surface area (Å²) in [5.74, 6) is 0. The third kappa shape index (κ3) is 6.42. The van der Waals surface area contributed by atoms with Gasteiger partial charge in [-0.1, -0.05) is 75.8 Å². The highest BCUT2D eigenvalue weighted by atomic mass is 28.1. The Morgan fingerprint density at radius 1 is 0.789 bits per heavy atom. The molecule has 0 heterocycles. The van der Waals surface area contributed by atoms with Gasteiger partial charge < -0.3 is 0 Å². The summed E-state index contributed by atoms with van der Waals surface area (Å²) < 4.78 is 0. The van der Waals surface area contributed by atoms with Gasteiger partial charge in [0.2, 0.25) is 0 Å². The molecule has 1 heteroatoms. The Kier molecular flexibility index (Phi) is 8.90. The lowest BCUT2D eigenvalue weighted by Gasteiger charge is -2.13. The fourth-order valence-corrected chi connectivity index (χ4v) is 3.59. The summed E-state index contributed by atoms with van der Waals surface area (Å²) in [5, 5.41) is 1.64. The van der Waals surface area contributed by atoms with Gasteiger partial charge in [-0.25, -0.2) is 0 Å². The van der Waals surface area contributed by atoms with Gasteiger partial charge in [-0.3, -0.25) is 0 Å². The van der Waals surface area contributed by atoms with Crippen LogP contribution >= 0.6 is 0 Å². The van der Waals surface area contributed by atoms with Crippen LogP contribution < -0.4 is 5.19 Å². The van der Waals surface area contributed by atoms with E-state index >= 15 is 0 Å². The van der Waals surface area contributed by atoms with Crippen molar-refractivity contribution in [3.63, 3.8) is 0 Å². The van der Waals surface area contributed by atoms with Crippen LogP contribution in [0.5, 0.6) is 0 Å². The van der Waals surface area contributed by atoms with Crippen molar-refractivity contribution in [2.45, 2.75) is 78.1 Å². The van der Waals surface area contributed by atoms with Gasteiger partial charge in [-0.2, -0.15) is 0 Å². The van der Waals surface area contributed by atoms with Crippen LogP contribution in [0, 0.1) is 0 Å². The Labute approximate surface area is 123 Å².